The summed E-state index contributed by atoms with van der Waals surface area (Å²) in [6.45, 7) is -0.167. The van der Waals surface area contributed by atoms with Gasteiger partial charge in [-0.2, -0.15) is 0 Å². The van der Waals surface area contributed by atoms with Gasteiger partial charge < -0.3 is 4.74 Å². The molecule has 0 radical (unpaired) electrons. The summed E-state index contributed by atoms with van der Waals surface area (Å²) >= 11 is 5.65. The van der Waals surface area contributed by atoms with Gasteiger partial charge in [-0.3, -0.25) is 0 Å². The van der Waals surface area contributed by atoms with Crippen molar-refractivity contribution >= 4 is 41.2 Å². The molecule has 1 rings (SSSR count). The molecule has 5 nitrogen and oxygen atoms in total. The van der Waals surface area contributed by atoms with Gasteiger partial charge in [0.1, 0.15) is 17.3 Å². The van der Waals surface area contributed by atoms with Gasteiger partial charge in [0, 0.05) is 22.0 Å². The number of halogens is 2. The molecule has 0 heterocycles. The monoisotopic (exact) mass is 332 g/mol. The summed E-state index contributed by atoms with van der Waals surface area (Å²) in [6, 6.07) is 3.88. The first kappa shape index (κ1) is 15.6. The number of sulfone groups is 1. The number of hydrogen-bond donors (Lipinski definition) is 0. The standard InChI is InChI=1S/C9H10Cl2O5S2/c1-17(12,13)5-4-16-8-3-2-7(10)6-9(8)18(11,14)15/h2-3,6H,4-5H2,1H3. The van der Waals surface area contributed by atoms with E-state index in [1.165, 1.54) is 12.1 Å². The van der Waals surface area contributed by atoms with E-state index in [2.05, 4.69) is 0 Å². The van der Waals surface area contributed by atoms with Gasteiger partial charge in [0.2, 0.25) is 0 Å². The van der Waals surface area contributed by atoms with E-state index >= 15 is 0 Å². The molecule has 0 aliphatic rings. The molecule has 0 fully saturated rings. The van der Waals surface area contributed by atoms with Crippen LogP contribution in [0.5, 0.6) is 5.75 Å². The molecule has 1 aromatic rings. The Bertz CT molecular complexity index is 637. The molecule has 0 aliphatic heterocycles. The lowest BCUT2D eigenvalue weighted by atomic mass is 10.3. The summed E-state index contributed by atoms with van der Waals surface area (Å²) < 4.78 is 49.5. The topological polar surface area (TPSA) is 77.5 Å². The van der Waals surface area contributed by atoms with E-state index in [0.717, 1.165) is 12.3 Å². The third-order valence-corrected chi connectivity index (χ3v) is 4.37. The van der Waals surface area contributed by atoms with E-state index in [-0.39, 0.29) is 28.0 Å². The lowest BCUT2D eigenvalue weighted by molar-refractivity contribution is 0.332. The van der Waals surface area contributed by atoms with Crippen molar-refractivity contribution in [1.29, 1.82) is 0 Å². The molecule has 0 spiro atoms. The average Bonchev–Trinajstić information content (AvgIpc) is 2.17. The van der Waals surface area contributed by atoms with Gasteiger partial charge in [-0.1, -0.05) is 11.6 Å². The molecule has 0 aliphatic carbocycles. The molecule has 9 heteroatoms. The predicted molar refractivity (Wildman–Crippen MR) is 69.7 cm³/mol. The first-order valence-electron chi connectivity index (χ1n) is 4.64. The Labute approximate surface area is 115 Å². The maximum absolute atomic E-state index is 11.3. The van der Waals surface area contributed by atoms with Crippen molar-refractivity contribution < 1.29 is 21.6 Å². The van der Waals surface area contributed by atoms with Crippen molar-refractivity contribution in [1.82, 2.24) is 0 Å². The second-order valence-electron chi connectivity index (χ2n) is 3.51. The van der Waals surface area contributed by atoms with Crippen molar-refractivity contribution in [3.8, 4) is 5.75 Å². The van der Waals surface area contributed by atoms with E-state index in [0.29, 0.717) is 0 Å². The van der Waals surface area contributed by atoms with Crippen LogP contribution < -0.4 is 4.74 Å². The smallest absolute Gasteiger partial charge is 0.265 e. The zero-order valence-electron chi connectivity index (χ0n) is 9.26. The summed E-state index contributed by atoms with van der Waals surface area (Å²) in [5.74, 6) is -0.254. The summed E-state index contributed by atoms with van der Waals surface area (Å²) in [5.41, 5.74) is 0. The summed E-state index contributed by atoms with van der Waals surface area (Å²) in [7, 11) is -1.97. The van der Waals surface area contributed by atoms with Gasteiger partial charge in [0.25, 0.3) is 9.05 Å². The van der Waals surface area contributed by atoms with Crippen LogP contribution >= 0.6 is 22.3 Å². The van der Waals surface area contributed by atoms with Crippen molar-refractivity contribution in [3.05, 3.63) is 23.2 Å². The molecular formula is C9H10Cl2O5S2. The number of benzene rings is 1. The zero-order chi connectivity index (χ0) is 14.0. The van der Waals surface area contributed by atoms with Crippen LogP contribution in [-0.4, -0.2) is 35.5 Å². The molecule has 0 bridgehead atoms. The van der Waals surface area contributed by atoms with E-state index in [1.54, 1.807) is 0 Å². The highest BCUT2D eigenvalue weighted by molar-refractivity contribution is 8.13. The Morgan fingerprint density at radius 2 is 1.83 bits per heavy atom. The molecule has 0 unspecified atom stereocenters. The van der Waals surface area contributed by atoms with Gasteiger partial charge >= 0.3 is 0 Å². The largest absolute Gasteiger partial charge is 0.491 e. The average molecular weight is 333 g/mol. The van der Waals surface area contributed by atoms with Crippen LogP contribution in [0.2, 0.25) is 5.02 Å². The van der Waals surface area contributed by atoms with Gasteiger partial charge in [-0.05, 0) is 18.2 Å². The lowest BCUT2D eigenvalue weighted by Gasteiger charge is -2.09. The number of hydrogen-bond acceptors (Lipinski definition) is 5. The van der Waals surface area contributed by atoms with E-state index in [4.69, 9.17) is 27.0 Å². The van der Waals surface area contributed by atoms with Crippen LogP contribution in [0, 0.1) is 0 Å². The van der Waals surface area contributed by atoms with Crippen molar-refractivity contribution in [3.63, 3.8) is 0 Å². The van der Waals surface area contributed by atoms with Crippen molar-refractivity contribution in [2.24, 2.45) is 0 Å². The van der Waals surface area contributed by atoms with Crippen molar-refractivity contribution in [2.45, 2.75) is 4.90 Å². The molecule has 0 aromatic heterocycles. The number of ether oxygens (including phenoxy) is 1. The fourth-order valence-corrected chi connectivity index (χ4v) is 2.71. The van der Waals surface area contributed by atoms with Crippen LogP contribution in [0.1, 0.15) is 0 Å². The Balaban J connectivity index is 2.96. The fourth-order valence-electron chi connectivity index (χ4n) is 1.09. The molecule has 0 N–H and O–H groups in total. The zero-order valence-corrected chi connectivity index (χ0v) is 12.4. The summed E-state index contributed by atoms with van der Waals surface area (Å²) in [6.07, 6.45) is 1.05. The normalized spacial score (nSPS) is 12.4. The first-order chi connectivity index (χ1) is 8.09. The minimum absolute atomic E-state index is 0.0296. The molecule has 0 amide bonds. The lowest BCUT2D eigenvalue weighted by Crippen LogP contribution is -2.13. The Morgan fingerprint density at radius 3 is 2.33 bits per heavy atom. The Kier molecular flexibility index (Phi) is 4.88. The minimum Gasteiger partial charge on any atom is -0.491 e. The molecule has 0 atom stereocenters. The molecular weight excluding hydrogens is 323 g/mol. The first-order valence-corrected chi connectivity index (χ1v) is 9.39. The SMILES string of the molecule is CS(=O)(=O)CCOc1ccc(Cl)cc1S(=O)(=O)Cl. The molecule has 0 saturated carbocycles. The maximum Gasteiger partial charge on any atom is 0.265 e. The second-order valence-corrected chi connectivity index (χ2v) is 8.74. The molecule has 0 saturated heterocycles. The summed E-state index contributed by atoms with van der Waals surface area (Å²) in [4.78, 5) is -0.287. The summed E-state index contributed by atoms with van der Waals surface area (Å²) in [5, 5.41) is 0.185. The highest BCUT2D eigenvalue weighted by Crippen LogP contribution is 2.29. The highest BCUT2D eigenvalue weighted by atomic mass is 35.7. The van der Waals surface area contributed by atoms with Crippen LogP contribution in [0.25, 0.3) is 0 Å². The maximum atomic E-state index is 11.3. The minimum atomic E-state index is -4.01. The third-order valence-electron chi connectivity index (χ3n) is 1.88. The molecule has 18 heavy (non-hydrogen) atoms. The highest BCUT2D eigenvalue weighted by Gasteiger charge is 2.18. The van der Waals surface area contributed by atoms with E-state index in [9.17, 15) is 16.8 Å². The quantitative estimate of drug-likeness (QED) is 0.767. The Morgan fingerprint density at radius 1 is 1.22 bits per heavy atom. The molecule has 102 valence electrons. The second kappa shape index (κ2) is 5.64. The van der Waals surface area contributed by atoms with Crippen LogP contribution in [0.4, 0.5) is 0 Å². The van der Waals surface area contributed by atoms with Crippen LogP contribution in [-0.2, 0) is 18.9 Å². The van der Waals surface area contributed by atoms with Crippen LogP contribution in [0.15, 0.2) is 23.1 Å². The van der Waals surface area contributed by atoms with Gasteiger partial charge in [0.05, 0.1) is 5.75 Å². The van der Waals surface area contributed by atoms with Crippen molar-refractivity contribution in [2.75, 3.05) is 18.6 Å². The molecule has 1 aromatic carbocycles. The van der Waals surface area contributed by atoms with Gasteiger partial charge in [-0.25, -0.2) is 16.8 Å². The third kappa shape index (κ3) is 5.01. The van der Waals surface area contributed by atoms with E-state index in [1.807, 2.05) is 0 Å². The number of rotatable bonds is 5. The predicted octanol–water partition coefficient (Wildman–Crippen LogP) is 1.69. The fraction of sp³-hybridized carbons (Fsp3) is 0.333. The van der Waals surface area contributed by atoms with E-state index < -0.39 is 18.9 Å². The van der Waals surface area contributed by atoms with Gasteiger partial charge in [-0.15, -0.1) is 0 Å². The van der Waals surface area contributed by atoms with Crippen LogP contribution in [0.3, 0.4) is 0 Å². The Hall–Kier alpha value is -0.500. The van der Waals surface area contributed by atoms with Gasteiger partial charge in [0.15, 0.2) is 9.84 Å².